The fraction of sp³-hybridized carbons (Fsp3) is 0.200. The molecule has 10 nitrogen and oxygen atoms in total. The van der Waals surface area contributed by atoms with Crippen molar-refractivity contribution < 1.29 is 28.2 Å². The molecule has 0 radical (unpaired) electrons. The second-order valence-electron chi connectivity index (χ2n) is 6.11. The summed E-state index contributed by atoms with van der Waals surface area (Å²) in [7, 11) is 4.46. The third-order valence-corrected chi connectivity index (χ3v) is 5.11. The Bertz CT molecular complexity index is 1100. The number of ether oxygens (including phenoxy) is 3. The van der Waals surface area contributed by atoms with Crippen LogP contribution in [0.25, 0.3) is 11.5 Å². The number of hydrogen-bond acceptors (Lipinski definition) is 9. The van der Waals surface area contributed by atoms with Crippen molar-refractivity contribution in [3.8, 4) is 28.7 Å². The van der Waals surface area contributed by atoms with Gasteiger partial charge in [0.25, 0.3) is 17.0 Å². The molecule has 2 aromatic carbocycles. The lowest BCUT2D eigenvalue weighted by Crippen LogP contribution is -2.42. The Morgan fingerprint density at radius 3 is 2.38 bits per heavy atom. The quantitative estimate of drug-likeness (QED) is 0.371. The Balaban J connectivity index is 1.55. The minimum absolute atomic E-state index is 0.0734. The summed E-state index contributed by atoms with van der Waals surface area (Å²) < 4.78 is 21.1. The fourth-order valence-corrected chi connectivity index (χ4v) is 3.26. The number of nitrogens with one attached hydrogen (secondary N) is 2. The topological polar surface area (TPSA) is 125 Å². The van der Waals surface area contributed by atoms with Gasteiger partial charge < -0.3 is 18.6 Å². The number of carbonyl (C=O) groups excluding carboxylic acids is 2. The highest BCUT2D eigenvalue weighted by molar-refractivity contribution is 7.99. The van der Waals surface area contributed by atoms with Crippen LogP contribution in [0, 0.1) is 0 Å². The number of thioether (sulfide) groups is 1. The van der Waals surface area contributed by atoms with Gasteiger partial charge in [-0.05, 0) is 30.3 Å². The van der Waals surface area contributed by atoms with E-state index in [0.717, 1.165) is 11.8 Å². The van der Waals surface area contributed by atoms with Gasteiger partial charge in [0.1, 0.15) is 17.2 Å². The second kappa shape index (κ2) is 10.7. The molecule has 1 heterocycles. The number of carbonyl (C=O) groups is 2. The van der Waals surface area contributed by atoms with Crippen molar-refractivity contribution in [3.05, 3.63) is 47.0 Å². The van der Waals surface area contributed by atoms with Gasteiger partial charge in [-0.1, -0.05) is 23.4 Å². The molecule has 0 aliphatic rings. The Labute approximate surface area is 192 Å². The van der Waals surface area contributed by atoms with Crippen LogP contribution in [0.3, 0.4) is 0 Å². The normalized spacial score (nSPS) is 10.4. The molecule has 3 aromatic rings. The Kier molecular flexibility index (Phi) is 7.79. The van der Waals surface area contributed by atoms with Gasteiger partial charge in [-0.2, -0.15) is 0 Å². The highest BCUT2D eigenvalue weighted by Crippen LogP contribution is 2.33. The molecule has 2 amide bonds. The number of halogens is 1. The summed E-state index contributed by atoms with van der Waals surface area (Å²) in [5, 5.41) is 8.51. The van der Waals surface area contributed by atoms with E-state index in [1.807, 2.05) is 0 Å². The maximum Gasteiger partial charge on any atom is 0.277 e. The van der Waals surface area contributed by atoms with Crippen LogP contribution in [-0.2, 0) is 4.79 Å². The van der Waals surface area contributed by atoms with Crippen molar-refractivity contribution in [1.82, 2.24) is 21.0 Å². The smallest absolute Gasteiger partial charge is 0.277 e. The third-order valence-electron chi connectivity index (χ3n) is 4.05. The van der Waals surface area contributed by atoms with Crippen LogP contribution in [0.15, 0.2) is 46.0 Å². The second-order valence-corrected chi connectivity index (χ2v) is 7.47. The SMILES string of the molecule is COc1cc(OC)cc(C(=O)NNC(=O)CSc2nnc(-c3cc(Cl)ccc3OC)o2)c1. The molecular weight excluding hydrogens is 460 g/mol. The van der Waals surface area contributed by atoms with E-state index in [2.05, 4.69) is 21.0 Å². The van der Waals surface area contributed by atoms with Gasteiger partial charge in [-0.25, -0.2) is 0 Å². The monoisotopic (exact) mass is 478 g/mol. The zero-order chi connectivity index (χ0) is 23.1. The lowest BCUT2D eigenvalue weighted by molar-refractivity contribution is -0.119. The number of benzene rings is 2. The van der Waals surface area contributed by atoms with Crippen molar-refractivity contribution in [1.29, 1.82) is 0 Å². The molecule has 12 heteroatoms. The standard InChI is InChI=1S/C20H19ClN4O6S/c1-28-13-6-11(7-14(9-13)29-2)18(27)23-22-17(26)10-32-20-25-24-19(31-20)15-8-12(21)4-5-16(15)30-3/h4-9H,10H2,1-3H3,(H,22,26)(H,23,27). The average molecular weight is 479 g/mol. The number of amides is 2. The average Bonchev–Trinajstić information content (AvgIpc) is 3.29. The van der Waals surface area contributed by atoms with Crippen molar-refractivity contribution in [2.24, 2.45) is 0 Å². The van der Waals surface area contributed by atoms with Crippen LogP contribution in [0.4, 0.5) is 0 Å². The van der Waals surface area contributed by atoms with Gasteiger partial charge in [-0.15, -0.1) is 10.2 Å². The van der Waals surface area contributed by atoms with Crippen LogP contribution in [-0.4, -0.2) is 49.1 Å². The number of nitrogens with zero attached hydrogens (tertiary/aromatic N) is 2. The summed E-state index contributed by atoms with van der Waals surface area (Å²) in [5.74, 6) is 0.527. The first-order chi connectivity index (χ1) is 15.4. The maximum atomic E-state index is 12.3. The fourth-order valence-electron chi connectivity index (χ4n) is 2.52. The molecule has 0 bridgehead atoms. The van der Waals surface area contributed by atoms with Gasteiger partial charge in [0, 0.05) is 16.7 Å². The summed E-state index contributed by atoms with van der Waals surface area (Å²) >= 11 is 7.02. The van der Waals surface area contributed by atoms with E-state index in [0.29, 0.717) is 27.8 Å². The van der Waals surface area contributed by atoms with Crippen molar-refractivity contribution >= 4 is 35.2 Å². The molecule has 0 saturated carbocycles. The van der Waals surface area contributed by atoms with Crippen LogP contribution in [0.1, 0.15) is 10.4 Å². The Hall–Kier alpha value is -3.44. The molecule has 0 unspecified atom stereocenters. The number of methoxy groups -OCH3 is 3. The molecule has 2 N–H and O–H groups in total. The number of hydrogen-bond donors (Lipinski definition) is 2. The van der Waals surface area contributed by atoms with Crippen molar-refractivity contribution in [3.63, 3.8) is 0 Å². The molecule has 3 rings (SSSR count). The first kappa shape index (κ1) is 23.2. The first-order valence-corrected chi connectivity index (χ1v) is 10.4. The summed E-state index contributed by atoms with van der Waals surface area (Å²) in [5.41, 5.74) is 5.44. The molecule has 1 aromatic heterocycles. The predicted molar refractivity (Wildman–Crippen MR) is 117 cm³/mol. The minimum Gasteiger partial charge on any atom is -0.497 e. The Morgan fingerprint density at radius 2 is 1.72 bits per heavy atom. The lowest BCUT2D eigenvalue weighted by atomic mass is 10.2. The van der Waals surface area contributed by atoms with Gasteiger partial charge in [0.2, 0.25) is 5.91 Å². The molecule has 0 atom stereocenters. The molecular formula is C20H19ClN4O6S. The van der Waals surface area contributed by atoms with Crippen LogP contribution in [0.5, 0.6) is 17.2 Å². The van der Waals surface area contributed by atoms with Crippen molar-refractivity contribution in [2.45, 2.75) is 5.22 Å². The molecule has 0 aliphatic heterocycles. The number of hydrazine groups is 1. The van der Waals surface area contributed by atoms with Gasteiger partial charge in [-0.3, -0.25) is 20.4 Å². The number of aromatic nitrogens is 2. The van der Waals surface area contributed by atoms with Gasteiger partial charge >= 0.3 is 0 Å². The van der Waals surface area contributed by atoms with Crippen LogP contribution in [0.2, 0.25) is 5.02 Å². The van der Waals surface area contributed by atoms with Crippen LogP contribution >= 0.6 is 23.4 Å². The van der Waals surface area contributed by atoms with E-state index in [1.54, 1.807) is 24.3 Å². The van der Waals surface area contributed by atoms with Crippen LogP contribution < -0.4 is 25.1 Å². The van der Waals surface area contributed by atoms with Gasteiger partial charge in [0.15, 0.2) is 0 Å². The third kappa shape index (κ3) is 5.83. The van der Waals surface area contributed by atoms with E-state index in [9.17, 15) is 9.59 Å². The van der Waals surface area contributed by atoms with Crippen molar-refractivity contribution in [2.75, 3.05) is 27.1 Å². The molecule has 0 aliphatic carbocycles. The molecule has 168 valence electrons. The van der Waals surface area contributed by atoms with E-state index in [-0.39, 0.29) is 22.4 Å². The van der Waals surface area contributed by atoms with Gasteiger partial charge in [0.05, 0.1) is 32.6 Å². The van der Waals surface area contributed by atoms with E-state index in [4.69, 9.17) is 30.2 Å². The maximum absolute atomic E-state index is 12.3. The highest BCUT2D eigenvalue weighted by Gasteiger charge is 2.16. The zero-order valence-electron chi connectivity index (χ0n) is 17.3. The summed E-state index contributed by atoms with van der Waals surface area (Å²) in [4.78, 5) is 24.4. The van der Waals surface area contributed by atoms with E-state index >= 15 is 0 Å². The number of rotatable bonds is 8. The van der Waals surface area contributed by atoms with E-state index < -0.39 is 11.8 Å². The zero-order valence-corrected chi connectivity index (χ0v) is 18.9. The predicted octanol–water partition coefficient (Wildman–Crippen LogP) is 2.97. The Morgan fingerprint density at radius 1 is 1.00 bits per heavy atom. The highest BCUT2D eigenvalue weighted by atomic mass is 35.5. The molecule has 0 spiro atoms. The van der Waals surface area contributed by atoms with E-state index in [1.165, 1.54) is 33.5 Å². The molecule has 0 fully saturated rings. The lowest BCUT2D eigenvalue weighted by Gasteiger charge is -2.09. The first-order valence-electron chi connectivity index (χ1n) is 9.06. The largest absolute Gasteiger partial charge is 0.497 e. The molecule has 32 heavy (non-hydrogen) atoms. The summed E-state index contributed by atoms with van der Waals surface area (Å²) in [6.07, 6.45) is 0. The minimum atomic E-state index is -0.534. The molecule has 0 saturated heterocycles. The summed E-state index contributed by atoms with van der Waals surface area (Å²) in [6, 6.07) is 9.66. The summed E-state index contributed by atoms with van der Waals surface area (Å²) in [6.45, 7) is 0.